The number of benzene rings is 3. The SMILES string of the molecule is COc1ccc(OC)c([C@H]2SCC(=O)N(CC(=O)NCc3cccnc3)c3c2c(-c2ccccc2)nn3-c2cccc(C)c2)c1. The number of aromatic nitrogens is 3. The number of anilines is 1. The standard InChI is InChI=1S/C35H33N5O4S/c1-23-9-7-13-26(17-23)40-35-32(33(38-40)25-11-5-4-6-12-25)34(28-18-27(43-2)14-15-29(28)44-3)45-22-31(42)39(35)21-30(41)37-20-24-10-8-16-36-19-24/h4-19,34H,20-22H2,1-3H3,(H,37,41)/t34-/m1/s1. The van der Waals surface area contributed by atoms with Gasteiger partial charge in [0.15, 0.2) is 0 Å². The Balaban J connectivity index is 1.56. The maximum absolute atomic E-state index is 14.1. The van der Waals surface area contributed by atoms with E-state index in [9.17, 15) is 9.59 Å². The Morgan fingerprint density at radius 3 is 2.58 bits per heavy atom. The average molecular weight is 620 g/mol. The summed E-state index contributed by atoms with van der Waals surface area (Å²) < 4.78 is 13.2. The summed E-state index contributed by atoms with van der Waals surface area (Å²) in [6.07, 6.45) is 3.39. The number of fused-ring (bicyclic) bond motifs is 1. The van der Waals surface area contributed by atoms with Gasteiger partial charge in [-0.3, -0.25) is 19.5 Å². The van der Waals surface area contributed by atoms with Crippen LogP contribution in [0.4, 0.5) is 5.82 Å². The molecule has 5 aromatic rings. The normalized spacial score (nSPS) is 14.4. The van der Waals surface area contributed by atoms with E-state index in [0.717, 1.165) is 33.5 Å². The van der Waals surface area contributed by atoms with E-state index in [0.29, 0.717) is 29.6 Å². The molecule has 228 valence electrons. The molecule has 6 rings (SSSR count). The molecule has 45 heavy (non-hydrogen) atoms. The Kier molecular flexibility index (Phi) is 8.84. The summed E-state index contributed by atoms with van der Waals surface area (Å²) >= 11 is 1.48. The molecule has 3 heterocycles. The fraction of sp³-hybridized carbons (Fsp3) is 0.200. The molecular weight excluding hydrogens is 586 g/mol. The second-order valence-electron chi connectivity index (χ2n) is 10.6. The highest BCUT2D eigenvalue weighted by Crippen LogP contribution is 2.51. The van der Waals surface area contributed by atoms with E-state index in [1.165, 1.54) is 11.8 Å². The Morgan fingerprint density at radius 2 is 1.84 bits per heavy atom. The minimum Gasteiger partial charge on any atom is -0.497 e. The highest BCUT2D eigenvalue weighted by atomic mass is 32.2. The van der Waals surface area contributed by atoms with Crippen molar-refractivity contribution >= 4 is 29.4 Å². The van der Waals surface area contributed by atoms with Crippen LogP contribution in [0.3, 0.4) is 0 Å². The van der Waals surface area contributed by atoms with Crippen LogP contribution in [0.5, 0.6) is 11.5 Å². The fourth-order valence-corrected chi connectivity index (χ4v) is 6.67. The predicted octanol–water partition coefficient (Wildman–Crippen LogP) is 5.75. The molecule has 0 saturated carbocycles. The molecule has 1 N–H and O–H groups in total. The van der Waals surface area contributed by atoms with Crippen LogP contribution in [-0.4, -0.2) is 53.1 Å². The first-order valence-corrected chi connectivity index (χ1v) is 15.6. The molecule has 1 aliphatic heterocycles. The predicted molar refractivity (Wildman–Crippen MR) is 176 cm³/mol. The number of methoxy groups -OCH3 is 2. The molecule has 2 aromatic heterocycles. The molecule has 0 unspecified atom stereocenters. The average Bonchev–Trinajstić information content (AvgIpc) is 3.41. The zero-order chi connectivity index (χ0) is 31.3. The van der Waals surface area contributed by atoms with Gasteiger partial charge in [-0.1, -0.05) is 48.5 Å². The van der Waals surface area contributed by atoms with Gasteiger partial charge in [0, 0.05) is 35.6 Å². The minimum atomic E-state index is -0.369. The lowest BCUT2D eigenvalue weighted by Crippen LogP contribution is -2.42. The number of carbonyl (C=O) groups excluding carboxylic acids is 2. The van der Waals surface area contributed by atoms with Gasteiger partial charge in [-0.15, -0.1) is 11.8 Å². The molecule has 0 spiro atoms. The maximum Gasteiger partial charge on any atom is 0.240 e. The Labute approximate surface area is 266 Å². The van der Waals surface area contributed by atoms with Crippen LogP contribution in [0, 0.1) is 6.92 Å². The molecule has 0 fully saturated rings. The van der Waals surface area contributed by atoms with Gasteiger partial charge in [-0.2, -0.15) is 5.10 Å². The van der Waals surface area contributed by atoms with E-state index in [4.69, 9.17) is 14.6 Å². The molecule has 10 heteroatoms. The van der Waals surface area contributed by atoms with Crippen LogP contribution in [-0.2, 0) is 16.1 Å². The van der Waals surface area contributed by atoms with Gasteiger partial charge in [0.25, 0.3) is 0 Å². The van der Waals surface area contributed by atoms with E-state index < -0.39 is 0 Å². The number of pyridine rings is 1. The number of aryl methyl sites for hydroxylation is 1. The molecule has 0 bridgehead atoms. The van der Waals surface area contributed by atoms with Gasteiger partial charge in [0.1, 0.15) is 23.9 Å². The minimum absolute atomic E-state index is 0.137. The van der Waals surface area contributed by atoms with Crippen molar-refractivity contribution in [3.05, 3.63) is 120 Å². The number of hydrogen-bond donors (Lipinski definition) is 1. The molecule has 0 aliphatic carbocycles. The van der Waals surface area contributed by atoms with Gasteiger partial charge in [0.2, 0.25) is 11.8 Å². The quantitative estimate of drug-likeness (QED) is 0.225. The van der Waals surface area contributed by atoms with Crippen molar-refractivity contribution in [2.75, 3.05) is 31.4 Å². The summed E-state index contributed by atoms with van der Waals surface area (Å²) in [5.74, 6) is 1.52. The van der Waals surface area contributed by atoms with Gasteiger partial charge in [0.05, 0.1) is 36.6 Å². The number of ether oxygens (including phenoxy) is 2. The van der Waals surface area contributed by atoms with E-state index in [1.807, 2.05) is 91.9 Å². The monoisotopic (exact) mass is 619 g/mol. The number of nitrogens with zero attached hydrogens (tertiary/aromatic N) is 4. The molecular formula is C35H33N5O4S. The van der Waals surface area contributed by atoms with Crippen molar-refractivity contribution in [1.29, 1.82) is 0 Å². The van der Waals surface area contributed by atoms with Crippen molar-refractivity contribution in [3.8, 4) is 28.4 Å². The summed E-state index contributed by atoms with van der Waals surface area (Å²) in [6.45, 7) is 2.13. The van der Waals surface area contributed by atoms with E-state index >= 15 is 0 Å². The lowest BCUT2D eigenvalue weighted by Gasteiger charge is -2.24. The third-order valence-corrected chi connectivity index (χ3v) is 8.85. The van der Waals surface area contributed by atoms with E-state index in [1.54, 1.807) is 36.2 Å². The number of thioether (sulfide) groups is 1. The summed E-state index contributed by atoms with van der Waals surface area (Å²) in [5.41, 5.74) is 5.95. The molecule has 1 aliphatic rings. The van der Waals surface area contributed by atoms with Gasteiger partial charge in [-0.25, -0.2) is 4.68 Å². The zero-order valence-corrected chi connectivity index (χ0v) is 26.1. The highest BCUT2D eigenvalue weighted by molar-refractivity contribution is 8.00. The van der Waals surface area contributed by atoms with E-state index in [2.05, 4.69) is 10.3 Å². The third-order valence-electron chi connectivity index (χ3n) is 7.62. The Morgan fingerprint density at radius 1 is 1.00 bits per heavy atom. The van der Waals surface area contributed by atoms with Crippen molar-refractivity contribution in [3.63, 3.8) is 0 Å². The lowest BCUT2D eigenvalue weighted by molar-refractivity contribution is -0.123. The topological polar surface area (TPSA) is 98.6 Å². The van der Waals surface area contributed by atoms with Crippen molar-refractivity contribution < 1.29 is 19.1 Å². The largest absolute Gasteiger partial charge is 0.497 e. The Hall–Kier alpha value is -5.09. The van der Waals surface area contributed by atoms with Gasteiger partial charge < -0.3 is 14.8 Å². The first kappa shape index (κ1) is 30.0. The number of rotatable bonds is 9. The van der Waals surface area contributed by atoms with Crippen LogP contribution in [0.25, 0.3) is 16.9 Å². The first-order valence-electron chi connectivity index (χ1n) is 14.5. The molecule has 2 amide bonds. The lowest BCUT2D eigenvalue weighted by atomic mass is 9.98. The number of amides is 2. The number of hydrogen-bond acceptors (Lipinski definition) is 7. The number of nitrogens with one attached hydrogen (secondary N) is 1. The van der Waals surface area contributed by atoms with Gasteiger partial charge >= 0.3 is 0 Å². The van der Waals surface area contributed by atoms with Crippen LogP contribution in [0.2, 0.25) is 0 Å². The third kappa shape index (κ3) is 6.28. The molecule has 0 radical (unpaired) electrons. The van der Waals surface area contributed by atoms with E-state index in [-0.39, 0.29) is 29.4 Å². The second kappa shape index (κ2) is 13.3. The number of carbonyl (C=O) groups is 2. The second-order valence-corrected chi connectivity index (χ2v) is 11.7. The maximum atomic E-state index is 14.1. The summed E-state index contributed by atoms with van der Waals surface area (Å²) in [7, 11) is 3.25. The van der Waals surface area contributed by atoms with Crippen molar-refractivity contribution in [2.24, 2.45) is 0 Å². The summed E-state index contributed by atoms with van der Waals surface area (Å²) in [4.78, 5) is 33.2. The molecule has 3 aromatic carbocycles. The van der Waals surface area contributed by atoms with Gasteiger partial charge in [-0.05, 0) is 54.4 Å². The zero-order valence-electron chi connectivity index (χ0n) is 25.3. The van der Waals surface area contributed by atoms with Crippen LogP contribution in [0.15, 0.2) is 97.3 Å². The highest BCUT2D eigenvalue weighted by Gasteiger charge is 2.38. The van der Waals surface area contributed by atoms with Crippen molar-refractivity contribution in [2.45, 2.75) is 18.7 Å². The van der Waals surface area contributed by atoms with Crippen LogP contribution >= 0.6 is 11.8 Å². The van der Waals surface area contributed by atoms with Crippen molar-refractivity contribution in [1.82, 2.24) is 20.1 Å². The van der Waals surface area contributed by atoms with Crippen LogP contribution < -0.4 is 19.7 Å². The smallest absolute Gasteiger partial charge is 0.240 e. The Bertz CT molecular complexity index is 1830. The summed E-state index contributed by atoms with van der Waals surface area (Å²) in [6, 6.07) is 27.2. The molecule has 0 saturated heterocycles. The molecule has 9 nitrogen and oxygen atoms in total. The molecule has 1 atom stereocenters. The fourth-order valence-electron chi connectivity index (χ4n) is 5.46. The summed E-state index contributed by atoms with van der Waals surface area (Å²) in [5, 5.41) is 7.76. The first-order chi connectivity index (χ1) is 22.0. The van der Waals surface area contributed by atoms with Crippen LogP contribution in [0.1, 0.15) is 27.5 Å².